The van der Waals surface area contributed by atoms with Gasteiger partial charge >= 0.3 is 6.18 Å². The van der Waals surface area contributed by atoms with Gasteiger partial charge in [0.2, 0.25) is 0 Å². The Balaban J connectivity index is 1.93. The van der Waals surface area contributed by atoms with E-state index in [0.29, 0.717) is 22.3 Å². The van der Waals surface area contributed by atoms with E-state index in [2.05, 4.69) is 10.1 Å². The maximum atomic E-state index is 12.2. The summed E-state index contributed by atoms with van der Waals surface area (Å²) < 4.78 is 65.2. The standard InChI is InChI=1S/C16H12F5NO2S/c17-15(18)25-13-7-1-10(2-8-13)14(23)22-11-3-5-12(6-4-11)24-9-16(19,20)21/h1-8,15H,9H2,(H,22,23). The molecular formula is C16H12F5NO2S. The van der Waals surface area contributed by atoms with Gasteiger partial charge in [0.1, 0.15) is 5.75 Å². The molecule has 1 amide bonds. The molecule has 0 fully saturated rings. The molecule has 134 valence electrons. The van der Waals surface area contributed by atoms with E-state index >= 15 is 0 Å². The van der Waals surface area contributed by atoms with Gasteiger partial charge in [-0.15, -0.1) is 0 Å². The van der Waals surface area contributed by atoms with Crippen molar-refractivity contribution in [2.75, 3.05) is 11.9 Å². The molecule has 3 nitrogen and oxygen atoms in total. The van der Waals surface area contributed by atoms with Crippen LogP contribution in [0.15, 0.2) is 53.4 Å². The predicted octanol–water partition coefficient (Wildman–Crippen LogP) is 5.19. The molecule has 2 aromatic carbocycles. The molecular weight excluding hydrogens is 365 g/mol. The molecule has 0 aliphatic carbocycles. The van der Waals surface area contributed by atoms with Crippen LogP contribution in [0.25, 0.3) is 0 Å². The van der Waals surface area contributed by atoms with Gasteiger partial charge in [-0.2, -0.15) is 22.0 Å². The molecule has 0 aliphatic rings. The highest BCUT2D eigenvalue weighted by Crippen LogP contribution is 2.25. The Morgan fingerprint density at radius 1 is 1.04 bits per heavy atom. The third-order valence-corrected chi connectivity index (χ3v) is 3.58. The SMILES string of the molecule is O=C(Nc1ccc(OCC(F)(F)F)cc1)c1ccc(SC(F)F)cc1. The summed E-state index contributed by atoms with van der Waals surface area (Å²) in [7, 11) is 0. The molecule has 0 bridgehead atoms. The Hall–Kier alpha value is -2.29. The zero-order valence-electron chi connectivity index (χ0n) is 12.5. The van der Waals surface area contributed by atoms with Crippen molar-refractivity contribution in [1.29, 1.82) is 0 Å². The lowest BCUT2D eigenvalue weighted by Crippen LogP contribution is -2.19. The van der Waals surface area contributed by atoms with E-state index in [1.165, 1.54) is 48.5 Å². The van der Waals surface area contributed by atoms with E-state index in [1.54, 1.807) is 0 Å². The van der Waals surface area contributed by atoms with E-state index in [-0.39, 0.29) is 11.3 Å². The number of anilines is 1. The number of carbonyl (C=O) groups is 1. The fourth-order valence-electron chi connectivity index (χ4n) is 1.79. The molecule has 9 heteroatoms. The predicted molar refractivity (Wildman–Crippen MR) is 84.2 cm³/mol. The molecule has 0 atom stereocenters. The molecule has 0 unspecified atom stereocenters. The second-order valence-corrected chi connectivity index (χ2v) is 5.85. The van der Waals surface area contributed by atoms with Gasteiger partial charge in [-0.05, 0) is 48.5 Å². The number of carbonyl (C=O) groups excluding carboxylic acids is 1. The Morgan fingerprint density at radius 2 is 1.64 bits per heavy atom. The number of nitrogens with one attached hydrogen (secondary N) is 1. The highest BCUT2D eigenvalue weighted by Gasteiger charge is 2.28. The summed E-state index contributed by atoms with van der Waals surface area (Å²) in [5.74, 6) is -3.00. The Bertz CT molecular complexity index is 702. The van der Waals surface area contributed by atoms with Gasteiger partial charge in [-0.25, -0.2) is 0 Å². The summed E-state index contributed by atoms with van der Waals surface area (Å²) in [6, 6.07) is 11.0. The summed E-state index contributed by atoms with van der Waals surface area (Å²) in [6.07, 6.45) is -4.43. The summed E-state index contributed by atoms with van der Waals surface area (Å²) in [5.41, 5.74) is 0.617. The number of amides is 1. The molecule has 2 aromatic rings. The average molecular weight is 377 g/mol. The lowest BCUT2D eigenvalue weighted by Gasteiger charge is -2.10. The second kappa shape index (κ2) is 8.19. The van der Waals surface area contributed by atoms with E-state index in [1.807, 2.05) is 0 Å². The van der Waals surface area contributed by atoms with Crippen molar-refractivity contribution in [3.05, 3.63) is 54.1 Å². The monoisotopic (exact) mass is 377 g/mol. The van der Waals surface area contributed by atoms with Crippen LogP contribution in [0.2, 0.25) is 0 Å². The normalized spacial score (nSPS) is 11.4. The molecule has 0 spiro atoms. The smallest absolute Gasteiger partial charge is 0.422 e. The second-order valence-electron chi connectivity index (χ2n) is 4.79. The zero-order valence-corrected chi connectivity index (χ0v) is 13.3. The fraction of sp³-hybridized carbons (Fsp3) is 0.188. The lowest BCUT2D eigenvalue weighted by atomic mass is 10.2. The maximum absolute atomic E-state index is 12.2. The highest BCUT2D eigenvalue weighted by atomic mass is 32.2. The van der Waals surface area contributed by atoms with Crippen molar-refractivity contribution in [2.45, 2.75) is 16.8 Å². The van der Waals surface area contributed by atoms with Crippen molar-refractivity contribution >= 4 is 23.4 Å². The highest BCUT2D eigenvalue weighted by molar-refractivity contribution is 7.99. The van der Waals surface area contributed by atoms with Gasteiger partial charge < -0.3 is 10.1 Å². The van der Waals surface area contributed by atoms with Gasteiger partial charge in [0.05, 0.1) is 0 Å². The van der Waals surface area contributed by atoms with E-state index in [4.69, 9.17) is 0 Å². The number of halogens is 5. The first-order valence-electron chi connectivity index (χ1n) is 6.89. The first kappa shape index (κ1) is 19.0. The first-order chi connectivity index (χ1) is 11.7. The molecule has 0 radical (unpaired) electrons. The van der Waals surface area contributed by atoms with Crippen LogP contribution < -0.4 is 10.1 Å². The van der Waals surface area contributed by atoms with Crippen LogP contribution in [-0.4, -0.2) is 24.4 Å². The molecule has 0 aromatic heterocycles. The molecule has 0 aliphatic heterocycles. The number of rotatable bonds is 6. The molecule has 0 saturated heterocycles. The summed E-state index contributed by atoms with van der Waals surface area (Å²) in [6.45, 7) is -1.40. The number of benzene rings is 2. The number of hydrogen-bond donors (Lipinski definition) is 1. The van der Waals surface area contributed by atoms with Gasteiger partial charge in [-0.3, -0.25) is 4.79 Å². The maximum Gasteiger partial charge on any atom is 0.422 e. The number of hydrogen-bond acceptors (Lipinski definition) is 3. The Labute approximate surface area is 144 Å². The van der Waals surface area contributed by atoms with Crippen molar-refractivity contribution < 1.29 is 31.5 Å². The third kappa shape index (κ3) is 6.61. The minimum atomic E-state index is -4.43. The molecule has 25 heavy (non-hydrogen) atoms. The molecule has 0 heterocycles. The minimum absolute atomic E-state index is 0.0173. The molecule has 1 N–H and O–H groups in total. The van der Waals surface area contributed by atoms with Crippen molar-refractivity contribution in [3.8, 4) is 5.75 Å². The number of thioether (sulfide) groups is 1. The van der Waals surface area contributed by atoms with Gasteiger partial charge in [-0.1, -0.05) is 11.8 Å². The van der Waals surface area contributed by atoms with Crippen LogP contribution in [0.4, 0.5) is 27.6 Å². The topological polar surface area (TPSA) is 38.3 Å². The largest absolute Gasteiger partial charge is 0.484 e. The summed E-state index contributed by atoms with van der Waals surface area (Å²) in [4.78, 5) is 12.4. The summed E-state index contributed by atoms with van der Waals surface area (Å²) >= 11 is 0.372. The van der Waals surface area contributed by atoms with Crippen molar-refractivity contribution in [3.63, 3.8) is 0 Å². The Morgan fingerprint density at radius 3 is 2.16 bits per heavy atom. The van der Waals surface area contributed by atoms with Crippen molar-refractivity contribution in [2.24, 2.45) is 0 Å². The molecule has 0 saturated carbocycles. The van der Waals surface area contributed by atoms with Crippen LogP contribution in [0.3, 0.4) is 0 Å². The average Bonchev–Trinajstić information content (AvgIpc) is 2.53. The molecule has 2 rings (SSSR count). The van der Waals surface area contributed by atoms with Gasteiger partial charge in [0.25, 0.3) is 11.7 Å². The van der Waals surface area contributed by atoms with Crippen LogP contribution in [0.5, 0.6) is 5.75 Å². The number of ether oxygens (including phenoxy) is 1. The van der Waals surface area contributed by atoms with E-state index in [0.717, 1.165) is 0 Å². The van der Waals surface area contributed by atoms with E-state index in [9.17, 15) is 26.7 Å². The lowest BCUT2D eigenvalue weighted by molar-refractivity contribution is -0.153. The quantitative estimate of drug-likeness (QED) is 0.556. The first-order valence-corrected chi connectivity index (χ1v) is 7.77. The van der Waals surface area contributed by atoms with Crippen LogP contribution in [-0.2, 0) is 0 Å². The number of alkyl halides is 5. The van der Waals surface area contributed by atoms with Crippen LogP contribution in [0.1, 0.15) is 10.4 Å². The fourth-order valence-corrected chi connectivity index (χ4v) is 2.29. The van der Waals surface area contributed by atoms with Crippen LogP contribution >= 0.6 is 11.8 Å². The van der Waals surface area contributed by atoms with E-state index < -0.39 is 24.4 Å². The summed E-state index contributed by atoms with van der Waals surface area (Å²) in [5, 5.41) is 2.55. The van der Waals surface area contributed by atoms with Crippen LogP contribution in [0, 0.1) is 0 Å². The minimum Gasteiger partial charge on any atom is -0.484 e. The van der Waals surface area contributed by atoms with Gasteiger partial charge in [0, 0.05) is 16.1 Å². The Kier molecular flexibility index (Phi) is 6.24. The third-order valence-electron chi connectivity index (χ3n) is 2.86. The van der Waals surface area contributed by atoms with Gasteiger partial charge in [0.15, 0.2) is 6.61 Å². The zero-order chi connectivity index (χ0) is 18.4. The van der Waals surface area contributed by atoms with Crippen molar-refractivity contribution in [1.82, 2.24) is 0 Å².